The lowest BCUT2D eigenvalue weighted by atomic mass is 10.2. The van der Waals surface area contributed by atoms with Crippen LogP contribution in [0.15, 0.2) is 46.2 Å². The van der Waals surface area contributed by atoms with E-state index in [1.165, 1.54) is 36.4 Å². The maximum atomic E-state index is 12.8. The van der Waals surface area contributed by atoms with E-state index in [-0.39, 0.29) is 45.8 Å². The lowest BCUT2D eigenvalue weighted by molar-refractivity contribution is -0.387. The van der Waals surface area contributed by atoms with E-state index >= 15 is 0 Å². The normalized spacial score (nSPS) is 14.2. The second kappa shape index (κ2) is 13.4. The number of carbonyl (C=O) groups excluding carboxylic acids is 4. The number of halogens is 1. The van der Waals surface area contributed by atoms with E-state index in [2.05, 4.69) is 5.32 Å². The Labute approximate surface area is 230 Å². The molecule has 200 valence electrons. The Morgan fingerprint density at radius 1 is 1.26 bits per heavy atom. The summed E-state index contributed by atoms with van der Waals surface area (Å²) in [6.45, 7) is 1.32. The first kappa shape index (κ1) is 29.2. The first-order valence-electron chi connectivity index (χ1n) is 11.2. The fourth-order valence-corrected chi connectivity index (χ4v) is 5.00. The number of nitro benzene ring substituents is 1. The third-order valence-corrected chi connectivity index (χ3v) is 7.19. The average molecular weight is 580 g/mol. The van der Waals surface area contributed by atoms with Gasteiger partial charge in [-0.05, 0) is 54.1 Å². The number of rotatable bonds is 11. The number of benzene rings is 2. The van der Waals surface area contributed by atoms with Crippen molar-refractivity contribution in [3.8, 4) is 0 Å². The first-order chi connectivity index (χ1) is 18.1. The summed E-state index contributed by atoms with van der Waals surface area (Å²) in [6, 6.07) is 8.53. The predicted octanol–water partition coefficient (Wildman–Crippen LogP) is 4.57. The van der Waals surface area contributed by atoms with Gasteiger partial charge in [0.1, 0.15) is 6.54 Å². The predicted molar refractivity (Wildman–Crippen MR) is 144 cm³/mol. The molecule has 1 aliphatic heterocycles. The number of esters is 1. The molecule has 1 saturated heterocycles. The zero-order valence-corrected chi connectivity index (χ0v) is 22.4. The lowest BCUT2D eigenvalue weighted by Crippen LogP contribution is -2.36. The fraction of sp³-hybridized carbons (Fsp3) is 0.250. The monoisotopic (exact) mass is 579 g/mol. The zero-order valence-electron chi connectivity index (χ0n) is 20.0. The molecule has 0 atom stereocenters. The topological polar surface area (TPSA) is 156 Å². The van der Waals surface area contributed by atoms with Crippen molar-refractivity contribution in [3.63, 3.8) is 0 Å². The molecule has 38 heavy (non-hydrogen) atoms. The molecular formula is C24H22ClN3O8S2. The number of nitrogens with zero attached hydrogens (tertiary/aromatic N) is 2. The Hall–Kier alpha value is -3.39. The van der Waals surface area contributed by atoms with Crippen molar-refractivity contribution in [3.05, 3.63) is 67.6 Å². The van der Waals surface area contributed by atoms with Gasteiger partial charge in [-0.1, -0.05) is 24.6 Å². The molecular weight excluding hydrogens is 558 g/mol. The number of imide groups is 1. The van der Waals surface area contributed by atoms with E-state index in [0.29, 0.717) is 28.6 Å². The van der Waals surface area contributed by atoms with Crippen LogP contribution in [0.5, 0.6) is 0 Å². The summed E-state index contributed by atoms with van der Waals surface area (Å²) in [6.07, 6.45) is 1.96. The quantitative estimate of drug-likeness (QED) is 0.127. The van der Waals surface area contributed by atoms with Crippen LogP contribution in [0.2, 0.25) is 5.02 Å². The third-order valence-electron chi connectivity index (χ3n) is 4.91. The standard InChI is InChI=1S/C24H22ClN3O8S2/c1-2-8-36-23(32)16-12-15(4-5-17(16)25)26-21(30)13-27-22(31)20(38-24(27)33)11-14-3-6-19(37-9-7-29)18(10-14)28(34)35/h3-6,10-12,29H,2,7-9,13H2,1H3,(H,26,30)/b20-11-. The van der Waals surface area contributed by atoms with Gasteiger partial charge in [0.25, 0.3) is 16.8 Å². The van der Waals surface area contributed by atoms with E-state index in [0.717, 1.165) is 16.7 Å². The second-order valence-electron chi connectivity index (χ2n) is 7.70. The number of nitro groups is 1. The highest BCUT2D eigenvalue weighted by molar-refractivity contribution is 8.18. The minimum absolute atomic E-state index is 0.000285. The molecule has 0 aliphatic carbocycles. The zero-order chi connectivity index (χ0) is 27.8. The number of amides is 3. The van der Waals surface area contributed by atoms with E-state index in [1.807, 2.05) is 6.92 Å². The van der Waals surface area contributed by atoms with Gasteiger partial charge in [0, 0.05) is 17.5 Å². The van der Waals surface area contributed by atoms with Crippen LogP contribution in [0.25, 0.3) is 6.08 Å². The van der Waals surface area contributed by atoms with Crippen molar-refractivity contribution in [1.82, 2.24) is 4.90 Å². The molecule has 0 bridgehead atoms. The Kier molecular flexibility index (Phi) is 10.3. The van der Waals surface area contributed by atoms with E-state index in [1.54, 1.807) is 6.07 Å². The molecule has 1 fully saturated rings. The Morgan fingerprint density at radius 2 is 2.03 bits per heavy atom. The van der Waals surface area contributed by atoms with Gasteiger partial charge in [0.05, 0.1) is 38.5 Å². The van der Waals surface area contributed by atoms with Crippen LogP contribution in [0, 0.1) is 10.1 Å². The van der Waals surface area contributed by atoms with Crippen LogP contribution in [-0.2, 0) is 14.3 Å². The number of aliphatic hydroxyl groups is 1. The third kappa shape index (κ3) is 7.34. The van der Waals surface area contributed by atoms with Gasteiger partial charge in [-0.3, -0.25) is 29.4 Å². The molecule has 0 spiro atoms. The number of aliphatic hydroxyl groups excluding tert-OH is 1. The molecule has 0 radical (unpaired) electrons. The van der Waals surface area contributed by atoms with Crippen LogP contribution in [-0.4, -0.2) is 63.5 Å². The molecule has 14 heteroatoms. The van der Waals surface area contributed by atoms with Gasteiger partial charge in [0.2, 0.25) is 5.91 Å². The Morgan fingerprint density at radius 3 is 2.71 bits per heavy atom. The maximum absolute atomic E-state index is 12.8. The lowest BCUT2D eigenvalue weighted by Gasteiger charge is -2.13. The van der Waals surface area contributed by atoms with Crippen LogP contribution in [0.4, 0.5) is 16.2 Å². The Balaban J connectivity index is 1.71. The maximum Gasteiger partial charge on any atom is 0.339 e. The molecule has 3 amide bonds. The first-order valence-corrected chi connectivity index (χ1v) is 13.4. The second-order valence-corrected chi connectivity index (χ2v) is 10.2. The molecule has 1 aliphatic rings. The highest BCUT2D eigenvalue weighted by atomic mass is 35.5. The summed E-state index contributed by atoms with van der Waals surface area (Å²) in [5, 5.41) is 22.4. The van der Waals surface area contributed by atoms with Crippen molar-refractivity contribution in [2.75, 3.05) is 30.8 Å². The van der Waals surface area contributed by atoms with Crippen molar-refractivity contribution >= 4 is 75.6 Å². The van der Waals surface area contributed by atoms with Crippen LogP contribution in [0.1, 0.15) is 29.3 Å². The summed E-state index contributed by atoms with van der Waals surface area (Å²) in [5.41, 5.74) is 0.402. The smallest absolute Gasteiger partial charge is 0.339 e. The molecule has 1 heterocycles. The van der Waals surface area contributed by atoms with E-state index in [9.17, 15) is 29.3 Å². The molecule has 2 N–H and O–H groups in total. The SMILES string of the molecule is CCCOC(=O)c1cc(NC(=O)CN2C(=O)S/C(=C\c3ccc(SCCO)c([N+](=O)[O-])c3)C2=O)ccc1Cl. The molecule has 0 saturated carbocycles. The summed E-state index contributed by atoms with van der Waals surface area (Å²) < 4.78 is 5.07. The number of nitrogens with one attached hydrogen (secondary N) is 1. The average Bonchev–Trinajstić information content (AvgIpc) is 3.14. The largest absolute Gasteiger partial charge is 0.462 e. The number of thioether (sulfide) groups is 2. The summed E-state index contributed by atoms with van der Waals surface area (Å²) in [4.78, 5) is 62.0. The Bertz CT molecular complexity index is 1320. The molecule has 3 rings (SSSR count). The van der Waals surface area contributed by atoms with Crippen molar-refractivity contribution < 1.29 is 33.9 Å². The van der Waals surface area contributed by atoms with E-state index < -0.39 is 34.5 Å². The summed E-state index contributed by atoms with van der Waals surface area (Å²) >= 11 is 7.78. The molecule has 0 aromatic heterocycles. The molecule has 0 unspecified atom stereocenters. The number of hydrogen-bond acceptors (Lipinski definition) is 10. The number of carbonyl (C=O) groups is 4. The van der Waals surface area contributed by atoms with Gasteiger partial charge < -0.3 is 15.2 Å². The molecule has 11 nitrogen and oxygen atoms in total. The van der Waals surface area contributed by atoms with E-state index in [4.69, 9.17) is 21.4 Å². The van der Waals surface area contributed by atoms with Crippen molar-refractivity contribution in [2.24, 2.45) is 0 Å². The highest BCUT2D eigenvalue weighted by Gasteiger charge is 2.36. The minimum Gasteiger partial charge on any atom is -0.462 e. The van der Waals surface area contributed by atoms with Crippen LogP contribution in [0.3, 0.4) is 0 Å². The highest BCUT2D eigenvalue weighted by Crippen LogP contribution is 2.35. The molecule has 2 aromatic rings. The summed E-state index contributed by atoms with van der Waals surface area (Å²) in [7, 11) is 0. The van der Waals surface area contributed by atoms with Crippen molar-refractivity contribution in [2.45, 2.75) is 18.2 Å². The fourth-order valence-electron chi connectivity index (χ4n) is 3.21. The van der Waals surface area contributed by atoms with Gasteiger partial charge in [0.15, 0.2) is 0 Å². The molecule has 2 aromatic carbocycles. The number of ether oxygens (including phenoxy) is 1. The summed E-state index contributed by atoms with van der Waals surface area (Å²) in [5.74, 6) is -1.79. The number of hydrogen-bond donors (Lipinski definition) is 2. The van der Waals surface area contributed by atoms with Gasteiger partial charge >= 0.3 is 5.97 Å². The van der Waals surface area contributed by atoms with Crippen LogP contribution < -0.4 is 5.32 Å². The number of anilines is 1. The van der Waals surface area contributed by atoms with Gasteiger partial charge in [-0.15, -0.1) is 11.8 Å². The van der Waals surface area contributed by atoms with Gasteiger partial charge in [-0.25, -0.2) is 4.79 Å². The van der Waals surface area contributed by atoms with Gasteiger partial charge in [-0.2, -0.15) is 0 Å². The minimum atomic E-state index is -0.725. The van der Waals surface area contributed by atoms with Crippen LogP contribution >= 0.6 is 35.1 Å². The van der Waals surface area contributed by atoms with Crippen molar-refractivity contribution in [1.29, 1.82) is 0 Å².